The number of ketones is 1. The maximum atomic E-state index is 12.2. The molecule has 1 unspecified atom stereocenters. The molecule has 0 aliphatic rings. The lowest BCUT2D eigenvalue weighted by atomic mass is 10.0. The number of aromatic carboxylic acids is 1. The molecule has 28 heavy (non-hydrogen) atoms. The van der Waals surface area contributed by atoms with E-state index in [-0.39, 0.29) is 42.0 Å². The first-order chi connectivity index (χ1) is 13.2. The number of carbonyl (C=O) groups excluding carboxylic acids is 1. The molecule has 2 aromatic rings. The average molecular weight is 406 g/mol. The molecule has 2 aromatic carbocycles. The quantitative estimate of drug-likeness (QED) is 0.448. The first-order valence-electron chi connectivity index (χ1n) is 8.74. The van der Waals surface area contributed by atoms with E-state index in [1.54, 1.807) is 43.3 Å². The van der Waals surface area contributed by atoms with Gasteiger partial charge in [0.25, 0.3) is 7.72 Å². The van der Waals surface area contributed by atoms with E-state index in [0.29, 0.717) is 5.56 Å². The van der Waals surface area contributed by atoms with E-state index in [4.69, 9.17) is 4.74 Å². The Bertz CT molecular complexity index is 825. The fourth-order valence-electron chi connectivity index (χ4n) is 2.82. The van der Waals surface area contributed by atoms with Crippen LogP contribution in [0.4, 0.5) is 0 Å². The van der Waals surface area contributed by atoms with Crippen molar-refractivity contribution in [1.29, 1.82) is 0 Å². The van der Waals surface area contributed by atoms with Crippen molar-refractivity contribution in [3.8, 4) is 5.75 Å². The van der Waals surface area contributed by atoms with Crippen LogP contribution in [0.3, 0.4) is 0 Å². The monoisotopic (exact) mass is 406 g/mol. The first kappa shape index (κ1) is 22.0. The van der Waals surface area contributed by atoms with Crippen molar-refractivity contribution in [2.45, 2.75) is 19.1 Å². The van der Waals surface area contributed by atoms with Crippen LogP contribution in [-0.4, -0.2) is 46.5 Å². The smallest absolute Gasteiger partial charge is 0.339 e. The highest BCUT2D eigenvalue weighted by Crippen LogP contribution is 2.52. The summed E-state index contributed by atoms with van der Waals surface area (Å²) in [6, 6.07) is 13.5. The lowest BCUT2D eigenvalue weighted by molar-refractivity contribution is -0.116. The molecular formula is C20H25NO6P+. The van der Waals surface area contributed by atoms with Crippen molar-refractivity contribution in [3.63, 3.8) is 0 Å². The molecule has 0 saturated heterocycles. The van der Waals surface area contributed by atoms with Gasteiger partial charge in [0.2, 0.25) is 0 Å². The molecular weight excluding hydrogens is 381 g/mol. The van der Waals surface area contributed by atoms with Gasteiger partial charge in [-0.25, -0.2) is 14.6 Å². The van der Waals surface area contributed by atoms with Crippen LogP contribution >= 0.6 is 7.72 Å². The zero-order valence-corrected chi connectivity index (χ0v) is 16.7. The predicted molar refractivity (Wildman–Crippen MR) is 108 cm³/mol. The van der Waals surface area contributed by atoms with E-state index in [2.05, 4.69) is 5.32 Å². The zero-order valence-electron chi connectivity index (χ0n) is 15.8. The molecule has 8 heteroatoms. The van der Waals surface area contributed by atoms with E-state index in [0.717, 1.165) is 5.56 Å². The summed E-state index contributed by atoms with van der Waals surface area (Å²) in [6.07, 6.45) is -0.236. The largest absolute Gasteiger partial charge is 0.496 e. The van der Waals surface area contributed by atoms with Gasteiger partial charge in [-0.1, -0.05) is 36.4 Å². The molecule has 0 heterocycles. The summed E-state index contributed by atoms with van der Waals surface area (Å²) >= 11 is 0. The SMILES string of the molecule is COc1ccc(C(C)NCC(=O)C[P+](O)(O)Cc2ccccc2)cc1C(=O)O. The summed E-state index contributed by atoms with van der Waals surface area (Å²) in [5.41, 5.74) is 1.50. The highest BCUT2D eigenvalue weighted by molar-refractivity contribution is 7.64. The van der Waals surface area contributed by atoms with Crippen LogP contribution in [0.2, 0.25) is 0 Å². The topological polar surface area (TPSA) is 116 Å². The van der Waals surface area contributed by atoms with Gasteiger partial charge in [0.15, 0.2) is 11.9 Å². The number of Topliss-reactive ketones (excluding diaryl/α,β-unsaturated/α-hetero) is 1. The Balaban J connectivity index is 1.93. The predicted octanol–water partition coefficient (Wildman–Crippen LogP) is 2.65. The van der Waals surface area contributed by atoms with Crippen LogP contribution in [0, 0.1) is 0 Å². The highest BCUT2D eigenvalue weighted by atomic mass is 31.2. The molecule has 0 saturated carbocycles. The molecule has 4 N–H and O–H groups in total. The van der Waals surface area contributed by atoms with Crippen molar-refractivity contribution in [2.75, 3.05) is 19.8 Å². The third kappa shape index (κ3) is 6.39. The zero-order chi connectivity index (χ0) is 20.7. The van der Waals surface area contributed by atoms with Gasteiger partial charge >= 0.3 is 5.97 Å². The molecule has 0 amide bonds. The van der Waals surface area contributed by atoms with Crippen LogP contribution in [0.25, 0.3) is 0 Å². The second-order valence-electron chi connectivity index (χ2n) is 6.59. The summed E-state index contributed by atoms with van der Waals surface area (Å²) in [7, 11) is -1.97. The van der Waals surface area contributed by atoms with Gasteiger partial charge in [-0.15, -0.1) is 0 Å². The van der Waals surface area contributed by atoms with Gasteiger partial charge < -0.3 is 15.2 Å². The fraction of sp³-hybridized carbons (Fsp3) is 0.300. The Labute approximate surface area is 164 Å². The van der Waals surface area contributed by atoms with Crippen molar-refractivity contribution in [1.82, 2.24) is 5.32 Å². The normalized spacial score (nSPS) is 12.4. The lowest BCUT2D eigenvalue weighted by Gasteiger charge is -2.16. The van der Waals surface area contributed by atoms with Gasteiger partial charge in [0.1, 0.15) is 17.5 Å². The molecule has 0 aromatic heterocycles. The van der Waals surface area contributed by atoms with Crippen LogP contribution in [-0.2, 0) is 11.0 Å². The van der Waals surface area contributed by atoms with Crippen molar-refractivity contribution >= 4 is 19.5 Å². The average Bonchev–Trinajstić information content (AvgIpc) is 2.65. The molecule has 1 atom stereocenters. The molecule has 0 fully saturated rings. The summed E-state index contributed by atoms with van der Waals surface area (Å²) in [6.45, 7) is 1.75. The van der Waals surface area contributed by atoms with Crippen LogP contribution in [0.15, 0.2) is 48.5 Å². The second kappa shape index (κ2) is 9.75. The highest BCUT2D eigenvalue weighted by Gasteiger charge is 2.36. The maximum Gasteiger partial charge on any atom is 0.339 e. The van der Waals surface area contributed by atoms with Crippen molar-refractivity contribution in [2.24, 2.45) is 0 Å². The molecule has 0 aliphatic carbocycles. The van der Waals surface area contributed by atoms with E-state index < -0.39 is 13.7 Å². The third-order valence-corrected chi connectivity index (χ3v) is 6.00. The van der Waals surface area contributed by atoms with E-state index in [9.17, 15) is 24.5 Å². The minimum absolute atomic E-state index is 0.0403. The summed E-state index contributed by atoms with van der Waals surface area (Å²) < 4.78 is 5.04. The number of nitrogens with one attached hydrogen (secondary N) is 1. The number of ether oxygens (including phenoxy) is 1. The van der Waals surface area contributed by atoms with E-state index in [1.807, 2.05) is 6.07 Å². The standard InChI is InChI=1S/C20H24NO6P/c1-14(16-8-9-19(27-2)18(10-16)20(23)24)21-11-17(22)13-28(25,26)12-15-6-4-3-5-7-15/h3-10,14,21,25-26H,11-13H2,1-2H3/p+1. The molecule has 150 valence electrons. The Morgan fingerprint density at radius 1 is 1.14 bits per heavy atom. The van der Waals surface area contributed by atoms with E-state index >= 15 is 0 Å². The second-order valence-corrected chi connectivity index (χ2v) is 8.98. The number of rotatable bonds is 10. The maximum absolute atomic E-state index is 12.2. The molecule has 7 nitrogen and oxygen atoms in total. The number of hydrogen-bond donors (Lipinski definition) is 4. The minimum atomic E-state index is -3.37. The van der Waals surface area contributed by atoms with Gasteiger partial charge in [-0.05, 0) is 30.2 Å². The van der Waals surface area contributed by atoms with Gasteiger partial charge in [-0.3, -0.25) is 4.79 Å². The van der Waals surface area contributed by atoms with E-state index in [1.165, 1.54) is 13.2 Å². The van der Waals surface area contributed by atoms with Gasteiger partial charge in [-0.2, -0.15) is 0 Å². The Hall–Kier alpha value is -2.31. The Morgan fingerprint density at radius 2 is 1.82 bits per heavy atom. The molecule has 0 radical (unpaired) electrons. The van der Waals surface area contributed by atoms with Crippen molar-refractivity contribution in [3.05, 3.63) is 65.2 Å². The summed E-state index contributed by atoms with van der Waals surface area (Å²) in [4.78, 5) is 43.9. The minimum Gasteiger partial charge on any atom is -0.496 e. The number of benzene rings is 2. The summed E-state index contributed by atoms with van der Waals surface area (Å²) in [5, 5.41) is 12.3. The number of hydrogen-bond acceptors (Lipinski definition) is 6. The molecule has 0 aliphatic heterocycles. The number of carboxylic acid groups (broad SMARTS) is 1. The Morgan fingerprint density at radius 3 is 2.43 bits per heavy atom. The fourth-order valence-corrected chi connectivity index (χ4v) is 4.40. The van der Waals surface area contributed by atoms with Gasteiger partial charge in [0, 0.05) is 6.04 Å². The van der Waals surface area contributed by atoms with Gasteiger partial charge in [0.05, 0.1) is 13.7 Å². The lowest BCUT2D eigenvalue weighted by Crippen LogP contribution is -2.28. The number of carboxylic acids is 1. The molecule has 0 bridgehead atoms. The van der Waals surface area contributed by atoms with Crippen LogP contribution in [0.1, 0.15) is 34.5 Å². The third-order valence-electron chi connectivity index (χ3n) is 4.27. The molecule has 0 spiro atoms. The van der Waals surface area contributed by atoms with Crippen LogP contribution in [0.5, 0.6) is 5.75 Å². The van der Waals surface area contributed by atoms with Crippen molar-refractivity contribution < 1.29 is 29.2 Å². The first-order valence-corrected chi connectivity index (χ1v) is 10.8. The van der Waals surface area contributed by atoms with Crippen LogP contribution < -0.4 is 10.1 Å². The Kier molecular flexibility index (Phi) is 7.66. The molecule has 2 rings (SSSR count). The summed E-state index contributed by atoms with van der Waals surface area (Å²) in [5.74, 6) is -1.15. The number of methoxy groups -OCH3 is 1. The number of carbonyl (C=O) groups is 2.